The number of aromatic nitrogens is 2. The molecule has 28 heavy (non-hydrogen) atoms. The van der Waals surface area contributed by atoms with Gasteiger partial charge in [-0.05, 0) is 17.5 Å². The van der Waals surface area contributed by atoms with Crippen LogP contribution in [0.5, 0.6) is 0 Å². The van der Waals surface area contributed by atoms with Crippen LogP contribution in [0.3, 0.4) is 0 Å². The molecule has 0 amide bonds. The van der Waals surface area contributed by atoms with Crippen molar-refractivity contribution in [3.8, 4) is 0 Å². The first-order valence-electron chi connectivity index (χ1n) is 9.30. The minimum Gasteiger partial charge on any atom is -0.364 e. The van der Waals surface area contributed by atoms with Crippen molar-refractivity contribution in [1.82, 2.24) is 9.97 Å². The molecule has 0 bridgehead atoms. The molecule has 0 aliphatic carbocycles. The minimum absolute atomic E-state index is 0.143. The van der Waals surface area contributed by atoms with E-state index in [9.17, 15) is 10.1 Å². The fraction of sp³-hybridized carbons (Fsp3) is 0.238. The molecule has 0 atom stereocenters. The highest BCUT2D eigenvalue weighted by Gasteiger charge is 2.25. The number of nitrogens with zero attached hydrogens (tertiary/aromatic N) is 3. The monoisotopic (exact) mass is 377 g/mol. The molecular formula is C21H23N5O2. The van der Waals surface area contributed by atoms with Gasteiger partial charge in [0, 0.05) is 6.54 Å². The van der Waals surface area contributed by atoms with Crippen LogP contribution in [0.4, 0.5) is 17.3 Å². The van der Waals surface area contributed by atoms with Crippen LogP contribution in [0.1, 0.15) is 36.9 Å². The number of benzene rings is 2. The molecule has 0 spiro atoms. The van der Waals surface area contributed by atoms with E-state index >= 15 is 0 Å². The van der Waals surface area contributed by atoms with Gasteiger partial charge in [-0.3, -0.25) is 10.1 Å². The molecule has 0 saturated carbocycles. The second-order valence-corrected chi connectivity index (χ2v) is 6.36. The third-order valence-corrected chi connectivity index (χ3v) is 4.37. The van der Waals surface area contributed by atoms with Gasteiger partial charge in [-0.2, -0.15) is 0 Å². The van der Waals surface area contributed by atoms with E-state index in [0.717, 1.165) is 24.0 Å². The molecule has 2 aromatic carbocycles. The fourth-order valence-corrected chi connectivity index (χ4v) is 2.96. The SMILES string of the molecule is CCCCNc1ncnc(NC(c2ccccc2)c2ccccc2)c1[N+](=O)[O-]. The lowest BCUT2D eigenvalue weighted by Crippen LogP contribution is -2.16. The van der Waals surface area contributed by atoms with Crippen LogP contribution in [0.15, 0.2) is 67.0 Å². The van der Waals surface area contributed by atoms with E-state index in [-0.39, 0.29) is 23.4 Å². The fourth-order valence-electron chi connectivity index (χ4n) is 2.96. The van der Waals surface area contributed by atoms with Crippen LogP contribution in [0.25, 0.3) is 0 Å². The summed E-state index contributed by atoms with van der Waals surface area (Å²) in [7, 11) is 0. The topological polar surface area (TPSA) is 93.0 Å². The van der Waals surface area contributed by atoms with E-state index in [0.29, 0.717) is 6.54 Å². The van der Waals surface area contributed by atoms with E-state index < -0.39 is 4.92 Å². The van der Waals surface area contributed by atoms with Gasteiger partial charge in [0.15, 0.2) is 0 Å². The molecule has 0 radical (unpaired) electrons. The van der Waals surface area contributed by atoms with Gasteiger partial charge in [0.2, 0.25) is 11.6 Å². The van der Waals surface area contributed by atoms with Crippen LogP contribution in [0, 0.1) is 10.1 Å². The predicted octanol–water partition coefficient (Wildman–Crippen LogP) is 4.80. The molecule has 7 heteroatoms. The number of nitrogens with one attached hydrogen (secondary N) is 2. The Balaban J connectivity index is 1.99. The van der Waals surface area contributed by atoms with Gasteiger partial charge in [0.1, 0.15) is 6.33 Å². The quantitative estimate of drug-likeness (QED) is 0.316. The molecule has 0 aliphatic heterocycles. The first-order chi connectivity index (χ1) is 13.7. The van der Waals surface area contributed by atoms with Crippen molar-refractivity contribution in [2.45, 2.75) is 25.8 Å². The molecule has 7 nitrogen and oxygen atoms in total. The van der Waals surface area contributed by atoms with E-state index in [4.69, 9.17) is 0 Å². The maximum Gasteiger partial charge on any atom is 0.353 e. The standard InChI is InChI=1S/C21H23N5O2/c1-2-3-14-22-20-19(26(27)28)21(24-15-23-20)25-18(16-10-6-4-7-11-16)17-12-8-5-9-13-17/h4-13,15,18H,2-3,14H2,1H3,(H2,22,23,24,25). The summed E-state index contributed by atoms with van der Waals surface area (Å²) in [6.45, 7) is 2.68. The van der Waals surface area contributed by atoms with Gasteiger partial charge in [-0.1, -0.05) is 74.0 Å². The highest BCUT2D eigenvalue weighted by Crippen LogP contribution is 2.33. The highest BCUT2D eigenvalue weighted by molar-refractivity contribution is 5.70. The molecule has 0 unspecified atom stereocenters. The Hall–Kier alpha value is -3.48. The lowest BCUT2D eigenvalue weighted by Gasteiger charge is -2.20. The Kier molecular flexibility index (Phi) is 6.51. The third-order valence-electron chi connectivity index (χ3n) is 4.37. The molecule has 0 fully saturated rings. The molecule has 144 valence electrons. The molecule has 2 N–H and O–H groups in total. The van der Waals surface area contributed by atoms with Crippen molar-refractivity contribution in [3.63, 3.8) is 0 Å². The average Bonchev–Trinajstić information content (AvgIpc) is 2.73. The van der Waals surface area contributed by atoms with Crippen LogP contribution >= 0.6 is 0 Å². The maximum atomic E-state index is 11.8. The minimum atomic E-state index is -0.441. The largest absolute Gasteiger partial charge is 0.364 e. The van der Waals surface area contributed by atoms with Gasteiger partial charge >= 0.3 is 5.69 Å². The Bertz CT molecular complexity index is 864. The summed E-state index contributed by atoms with van der Waals surface area (Å²) in [5, 5.41) is 18.1. The highest BCUT2D eigenvalue weighted by atomic mass is 16.6. The van der Waals surface area contributed by atoms with Crippen molar-refractivity contribution in [2.24, 2.45) is 0 Å². The van der Waals surface area contributed by atoms with Gasteiger partial charge < -0.3 is 10.6 Å². The Morgan fingerprint density at radius 3 is 2.07 bits per heavy atom. The van der Waals surface area contributed by atoms with Crippen LogP contribution in [-0.2, 0) is 0 Å². The van der Waals surface area contributed by atoms with Gasteiger partial charge in [-0.15, -0.1) is 0 Å². The predicted molar refractivity (Wildman–Crippen MR) is 110 cm³/mol. The summed E-state index contributed by atoms with van der Waals surface area (Å²) in [4.78, 5) is 19.6. The van der Waals surface area contributed by atoms with E-state index in [1.54, 1.807) is 0 Å². The normalized spacial score (nSPS) is 10.6. The lowest BCUT2D eigenvalue weighted by atomic mass is 9.99. The summed E-state index contributed by atoms with van der Waals surface area (Å²) < 4.78 is 0. The number of rotatable bonds is 9. The van der Waals surface area contributed by atoms with Gasteiger partial charge in [-0.25, -0.2) is 9.97 Å². The van der Waals surface area contributed by atoms with Crippen molar-refractivity contribution in [3.05, 3.63) is 88.2 Å². The number of hydrogen-bond donors (Lipinski definition) is 2. The van der Waals surface area contributed by atoms with E-state index in [2.05, 4.69) is 27.5 Å². The zero-order valence-corrected chi connectivity index (χ0v) is 15.7. The second-order valence-electron chi connectivity index (χ2n) is 6.36. The summed E-state index contributed by atoms with van der Waals surface area (Å²) in [5.41, 5.74) is 1.83. The molecule has 0 aliphatic rings. The summed E-state index contributed by atoms with van der Waals surface area (Å²) in [5.74, 6) is 0.424. The molecule has 0 saturated heterocycles. The number of nitro groups is 1. The smallest absolute Gasteiger partial charge is 0.353 e. The van der Waals surface area contributed by atoms with Crippen molar-refractivity contribution < 1.29 is 4.92 Å². The first-order valence-corrected chi connectivity index (χ1v) is 9.30. The molecule has 1 heterocycles. The van der Waals surface area contributed by atoms with E-state index in [1.165, 1.54) is 6.33 Å². The van der Waals surface area contributed by atoms with Crippen LogP contribution < -0.4 is 10.6 Å². The molecule has 1 aromatic heterocycles. The van der Waals surface area contributed by atoms with Crippen molar-refractivity contribution in [1.29, 1.82) is 0 Å². The number of unbranched alkanes of at least 4 members (excludes halogenated alkanes) is 1. The van der Waals surface area contributed by atoms with Crippen molar-refractivity contribution in [2.75, 3.05) is 17.2 Å². The zero-order valence-electron chi connectivity index (χ0n) is 15.7. The summed E-state index contributed by atoms with van der Waals surface area (Å²) in [6.07, 6.45) is 3.23. The first kappa shape index (κ1) is 19.3. The Morgan fingerprint density at radius 2 is 1.54 bits per heavy atom. The van der Waals surface area contributed by atoms with Crippen LogP contribution in [-0.4, -0.2) is 21.4 Å². The number of hydrogen-bond acceptors (Lipinski definition) is 6. The third kappa shape index (κ3) is 4.62. The Labute approximate surface area is 164 Å². The second kappa shape index (κ2) is 9.45. The van der Waals surface area contributed by atoms with Gasteiger partial charge in [0.05, 0.1) is 11.0 Å². The zero-order chi connectivity index (χ0) is 19.8. The van der Waals surface area contributed by atoms with Crippen LogP contribution in [0.2, 0.25) is 0 Å². The summed E-state index contributed by atoms with van der Waals surface area (Å²) >= 11 is 0. The lowest BCUT2D eigenvalue weighted by molar-refractivity contribution is -0.383. The molecule has 3 rings (SSSR count). The average molecular weight is 377 g/mol. The van der Waals surface area contributed by atoms with Gasteiger partial charge in [0.25, 0.3) is 0 Å². The Morgan fingerprint density at radius 1 is 0.964 bits per heavy atom. The molecule has 3 aromatic rings. The molecular weight excluding hydrogens is 354 g/mol. The number of anilines is 2. The van der Waals surface area contributed by atoms with Crippen molar-refractivity contribution >= 4 is 17.3 Å². The summed E-state index contributed by atoms with van der Waals surface area (Å²) in [6, 6.07) is 19.3. The van der Waals surface area contributed by atoms with E-state index in [1.807, 2.05) is 60.7 Å². The maximum absolute atomic E-state index is 11.8.